The lowest BCUT2D eigenvalue weighted by atomic mass is 9.78. The zero-order valence-electron chi connectivity index (χ0n) is 31.4. The molecule has 1 heterocycles. The Kier molecular flexibility index (Phi) is 6.16. The summed E-state index contributed by atoms with van der Waals surface area (Å²) in [4.78, 5) is 0. The fourth-order valence-electron chi connectivity index (χ4n) is 10.7. The zero-order valence-corrected chi connectivity index (χ0v) is 32.2. The number of hydrogen-bond donors (Lipinski definition) is 0. The summed E-state index contributed by atoms with van der Waals surface area (Å²) in [5.41, 5.74) is 16.1. The van der Waals surface area contributed by atoms with E-state index < -0.39 is 0 Å². The van der Waals surface area contributed by atoms with Crippen molar-refractivity contribution in [1.82, 2.24) is 0 Å². The molecule has 9 aromatic carbocycles. The van der Waals surface area contributed by atoms with Crippen molar-refractivity contribution >= 4 is 63.8 Å². The predicted octanol–water partition coefficient (Wildman–Crippen LogP) is 15.5. The second-order valence-corrected chi connectivity index (χ2v) is 17.9. The summed E-state index contributed by atoms with van der Waals surface area (Å²) in [6, 6.07) is 60.1. The molecule has 0 bridgehead atoms. The average Bonchev–Trinajstić information content (AvgIpc) is 3.77. The summed E-state index contributed by atoms with van der Waals surface area (Å²) in [5, 5.41) is 10.5. The Morgan fingerprint density at radius 1 is 0.327 bits per heavy atom. The van der Waals surface area contributed by atoms with Crippen LogP contribution in [0.4, 0.5) is 0 Å². The highest BCUT2D eigenvalue weighted by molar-refractivity contribution is 7.25. The van der Waals surface area contributed by atoms with Crippen LogP contribution in [0.1, 0.15) is 49.9 Å². The van der Waals surface area contributed by atoms with Crippen molar-refractivity contribution in [3.8, 4) is 44.5 Å². The zero-order chi connectivity index (χ0) is 36.8. The van der Waals surface area contributed by atoms with Crippen molar-refractivity contribution in [2.75, 3.05) is 0 Å². The summed E-state index contributed by atoms with van der Waals surface area (Å²) in [7, 11) is 0. The Hall–Kier alpha value is -6.02. The Labute approximate surface area is 325 Å². The molecule has 55 heavy (non-hydrogen) atoms. The van der Waals surface area contributed by atoms with Crippen molar-refractivity contribution in [1.29, 1.82) is 0 Å². The molecule has 2 aliphatic carbocycles. The molecule has 10 aromatic rings. The van der Waals surface area contributed by atoms with Gasteiger partial charge in [-0.3, -0.25) is 0 Å². The van der Waals surface area contributed by atoms with Gasteiger partial charge in [0, 0.05) is 31.0 Å². The van der Waals surface area contributed by atoms with Crippen molar-refractivity contribution in [3.05, 3.63) is 180 Å². The fourth-order valence-corrected chi connectivity index (χ4v) is 11.8. The molecular weight excluding hydrogens is 681 g/mol. The van der Waals surface area contributed by atoms with Gasteiger partial charge in [-0.25, -0.2) is 0 Å². The van der Waals surface area contributed by atoms with E-state index in [2.05, 4.69) is 185 Å². The largest absolute Gasteiger partial charge is 0.135 e. The van der Waals surface area contributed by atoms with E-state index in [1.54, 1.807) is 0 Å². The topological polar surface area (TPSA) is 0 Å². The van der Waals surface area contributed by atoms with E-state index in [1.807, 2.05) is 11.3 Å². The molecule has 1 aromatic heterocycles. The van der Waals surface area contributed by atoms with Gasteiger partial charge in [-0.2, -0.15) is 0 Å². The first kappa shape index (κ1) is 31.3. The minimum Gasteiger partial charge on any atom is -0.135 e. The molecule has 0 aliphatic heterocycles. The maximum atomic E-state index is 2.55. The minimum absolute atomic E-state index is 0.0714. The van der Waals surface area contributed by atoms with Crippen molar-refractivity contribution in [3.63, 3.8) is 0 Å². The van der Waals surface area contributed by atoms with Gasteiger partial charge in [0.25, 0.3) is 0 Å². The molecule has 12 rings (SSSR count). The Morgan fingerprint density at radius 2 is 0.873 bits per heavy atom. The van der Waals surface area contributed by atoms with Gasteiger partial charge in [-0.15, -0.1) is 11.3 Å². The molecule has 0 spiro atoms. The van der Waals surface area contributed by atoms with Crippen LogP contribution in [-0.4, -0.2) is 0 Å². The molecule has 0 fully saturated rings. The molecule has 0 N–H and O–H groups in total. The molecule has 0 unspecified atom stereocenters. The van der Waals surface area contributed by atoms with Crippen LogP contribution < -0.4 is 0 Å². The normalized spacial score (nSPS) is 14.8. The van der Waals surface area contributed by atoms with Crippen molar-refractivity contribution in [2.45, 2.75) is 38.5 Å². The molecule has 0 radical (unpaired) electrons. The van der Waals surface area contributed by atoms with E-state index in [9.17, 15) is 0 Å². The van der Waals surface area contributed by atoms with Crippen LogP contribution in [0.25, 0.3) is 97.0 Å². The van der Waals surface area contributed by atoms with Gasteiger partial charge in [-0.1, -0.05) is 155 Å². The molecule has 0 atom stereocenters. The first-order valence-corrected chi connectivity index (χ1v) is 20.3. The molecule has 0 nitrogen and oxygen atoms in total. The number of rotatable bonds is 2. The average molecular weight is 719 g/mol. The number of benzene rings is 9. The van der Waals surface area contributed by atoms with Crippen LogP contribution in [0, 0.1) is 0 Å². The lowest BCUT2D eigenvalue weighted by molar-refractivity contribution is 0.660. The van der Waals surface area contributed by atoms with Gasteiger partial charge >= 0.3 is 0 Å². The van der Waals surface area contributed by atoms with Crippen LogP contribution in [-0.2, 0) is 10.8 Å². The lowest BCUT2D eigenvalue weighted by Gasteiger charge is -2.25. The second-order valence-electron chi connectivity index (χ2n) is 16.8. The van der Waals surface area contributed by atoms with E-state index in [1.165, 1.54) is 119 Å². The van der Waals surface area contributed by atoms with Crippen LogP contribution in [0.5, 0.6) is 0 Å². The van der Waals surface area contributed by atoms with Crippen LogP contribution in [0.2, 0.25) is 0 Å². The maximum Gasteiger partial charge on any atom is 0.0361 e. The van der Waals surface area contributed by atoms with E-state index in [0.717, 1.165) is 0 Å². The van der Waals surface area contributed by atoms with Crippen LogP contribution in [0.3, 0.4) is 0 Å². The predicted molar refractivity (Wildman–Crippen MR) is 238 cm³/mol. The quantitative estimate of drug-likeness (QED) is 0.156. The number of thiophene rings is 1. The Morgan fingerprint density at radius 3 is 1.56 bits per heavy atom. The van der Waals surface area contributed by atoms with Gasteiger partial charge in [0.2, 0.25) is 0 Å². The van der Waals surface area contributed by atoms with Gasteiger partial charge in [0.1, 0.15) is 0 Å². The van der Waals surface area contributed by atoms with E-state index in [4.69, 9.17) is 0 Å². The molecule has 2 aliphatic rings. The SMILES string of the molecule is CC1(C)c2ccccc2-c2ccc(-c3c4ccccc4c(-c4cc5c(c6cc7sc8ccccc8c7cc46)C(C)(C)c4ccccc4-5)c4ccccc34)cc21. The molecule has 0 amide bonds. The van der Waals surface area contributed by atoms with Gasteiger partial charge in [-0.05, 0) is 129 Å². The van der Waals surface area contributed by atoms with Crippen LogP contribution >= 0.6 is 11.3 Å². The van der Waals surface area contributed by atoms with Crippen LogP contribution in [0.15, 0.2) is 158 Å². The van der Waals surface area contributed by atoms with Gasteiger partial charge in [0.15, 0.2) is 0 Å². The number of fused-ring (bicyclic) bond motifs is 13. The first-order chi connectivity index (χ1) is 26.8. The third-order valence-electron chi connectivity index (χ3n) is 13.2. The third kappa shape index (κ3) is 4.06. The summed E-state index contributed by atoms with van der Waals surface area (Å²) in [6.45, 7) is 9.60. The highest BCUT2D eigenvalue weighted by Crippen LogP contribution is 2.56. The minimum atomic E-state index is -0.123. The van der Waals surface area contributed by atoms with E-state index >= 15 is 0 Å². The Balaban J connectivity index is 1.21. The second kappa shape index (κ2) is 10.8. The van der Waals surface area contributed by atoms with Crippen molar-refractivity contribution < 1.29 is 0 Å². The Bertz CT molecular complexity index is 3260. The highest BCUT2D eigenvalue weighted by Gasteiger charge is 2.38. The summed E-state index contributed by atoms with van der Waals surface area (Å²) >= 11 is 1.92. The van der Waals surface area contributed by atoms with Crippen molar-refractivity contribution in [2.24, 2.45) is 0 Å². The summed E-state index contributed by atoms with van der Waals surface area (Å²) in [5.74, 6) is 0. The molecular formula is C54H38S. The summed E-state index contributed by atoms with van der Waals surface area (Å²) in [6.07, 6.45) is 0. The van der Waals surface area contributed by atoms with Gasteiger partial charge in [0.05, 0.1) is 0 Å². The van der Waals surface area contributed by atoms with Gasteiger partial charge < -0.3 is 0 Å². The smallest absolute Gasteiger partial charge is 0.0361 e. The standard InChI is InChI=1S/C54H38S/c1-53(2)45-22-12-9-15-32(45)34-26-25-31(27-47(34)53)50-36-18-5-7-20-38(36)51(39-21-8-6-19-37(39)50)42-29-43-33-16-10-13-23-46(33)54(3,4)52(43)44-30-49-41(28-40(42)44)35-17-11-14-24-48(35)55-49/h5-30H,1-4H3. The molecule has 0 saturated carbocycles. The highest BCUT2D eigenvalue weighted by atomic mass is 32.1. The molecule has 260 valence electrons. The maximum absolute atomic E-state index is 2.55. The summed E-state index contributed by atoms with van der Waals surface area (Å²) < 4.78 is 2.70. The third-order valence-corrected chi connectivity index (χ3v) is 14.4. The van der Waals surface area contributed by atoms with E-state index in [-0.39, 0.29) is 10.8 Å². The number of hydrogen-bond acceptors (Lipinski definition) is 1. The molecule has 1 heteroatoms. The fraction of sp³-hybridized carbons (Fsp3) is 0.111. The molecule has 0 saturated heterocycles. The van der Waals surface area contributed by atoms with E-state index in [0.29, 0.717) is 0 Å². The first-order valence-electron chi connectivity index (χ1n) is 19.5. The monoisotopic (exact) mass is 718 g/mol. The lowest BCUT2D eigenvalue weighted by Crippen LogP contribution is -2.15.